The average molecular weight is 407 g/mol. The van der Waals surface area contributed by atoms with E-state index in [4.69, 9.17) is 0 Å². The number of pyridine rings is 1. The normalized spacial score (nSPS) is 15.2. The minimum absolute atomic E-state index is 0.0152. The number of amides is 2. The highest BCUT2D eigenvalue weighted by molar-refractivity contribution is 7.14. The molecule has 2 aromatic heterocycles. The number of carbonyl (C=O) groups excluding carboxylic acids is 1. The lowest BCUT2D eigenvalue weighted by Crippen LogP contribution is -2.52. The number of benzene rings is 1. The summed E-state index contributed by atoms with van der Waals surface area (Å²) in [6, 6.07) is 18.4. The van der Waals surface area contributed by atoms with Gasteiger partial charge in [-0.1, -0.05) is 35.9 Å². The van der Waals surface area contributed by atoms with E-state index in [0.29, 0.717) is 0 Å². The predicted molar refractivity (Wildman–Crippen MR) is 118 cm³/mol. The van der Waals surface area contributed by atoms with Crippen molar-refractivity contribution in [2.45, 2.75) is 19.4 Å². The standard InChI is InChI=1S/C23H26N4OS/c1-18-7-9-19(10-8-18)17-21(20-5-2-3-11-24-20)25-23(28)27-14-12-26(13-15-27)22-6-4-16-29-22/h2-11,16,21H,12-15,17H2,1H3,(H,25,28). The molecule has 1 saturated heterocycles. The summed E-state index contributed by atoms with van der Waals surface area (Å²) in [7, 11) is 0. The number of hydrogen-bond acceptors (Lipinski definition) is 4. The number of carbonyl (C=O) groups is 1. The molecule has 6 heteroatoms. The fourth-order valence-electron chi connectivity index (χ4n) is 3.59. The van der Waals surface area contributed by atoms with E-state index in [1.807, 2.05) is 23.1 Å². The summed E-state index contributed by atoms with van der Waals surface area (Å²) in [6.45, 7) is 5.25. The van der Waals surface area contributed by atoms with Crippen molar-refractivity contribution >= 4 is 22.4 Å². The topological polar surface area (TPSA) is 48.5 Å². The molecule has 0 saturated carbocycles. The molecular formula is C23H26N4OS. The molecule has 2 amide bonds. The van der Waals surface area contributed by atoms with E-state index in [1.165, 1.54) is 16.1 Å². The van der Waals surface area contributed by atoms with Crippen LogP contribution >= 0.6 is 11.3 Å². The molecule has 1 unspecified atom stereocenters. The average Bonchev–Trinajstić information content (AvgIpc) is 3.30. The van der Waals surface area contributed by atoms with Gasteiger partial charge in [0, 0.05) is 32.4 Å². The molecule has 0 aliphatic carbocycles. The van der Waals surface area contributed by atoms with Crippen molar-refractivity contribution in [1.82, 2.24) is 15.2 Å². The van der Waals surface area contributed by atoms with Crippen LogP contribution in [0.4, 0.5) is 9.80 Å². The minimum Gasteiger partial charge on any atom is -0.360 e. The number of piperazine rings is 1. The summed E-state index contributed by atoms with van der Waals surface area (Å²) >= 11 is 1.75. The van der Waals surface area contributed by atoms with Crippen molar-refractivity contribution in [3.8, 4) is 0 Å². The Kier molecular flexibility index (Phi) is 6.10. The lowest BCUT2D eigenvalue weighted by molar-refractivity contribution is 0.190. The Morgan fingerprint density at radius 3 is 2.52 bits per heavy atom. The number of urea groups is 1. The Bertz CT molecular complexity index is 904. The van der Waals surface area contributed by atoms with Gasteiger partial charge in [-0.25, -0.2) is 4.79 Å². The largest absolute Gasteiger partial charge is 0.360 e. The van der Waals surface area contributed by atoms with Crippen LogP contribution < -0.4 is 10.2 Å². The second-order valence-corrected chi connectivity index (χ2v) is 8.30. The minimum atomic E-state index is -0.151. The van der Waals surface area contributed by atoms with E-state index in [9.17, 15) is 4.79 Å². The third-order valence-corrected chi connectivity index (χ3v) is 6.22. The van der Waals surface area contributed by atoms with Gasteiger partial charge in [0.2, 0.25) is 0 Å². The third-order valence-electron chi connectivity index (χ3n) is 5.29. The second-order valence-electron chi connectivity index (χ2n) is 7.37. The first kappa shape index (κ1) is 19.5. The van der Waals surface area contributed by atoms with Gasteiger partial charge in [0.1, 0.15) is 0 Å². The highest BCUT2D eigenvalue weighted by atomic mass is 32.1. The molecule has 1 aliphatic rings. The Hall–Kier alpha value is -2.86. The summed E-state index contributed by atoms with van der Waals surface area (Å²) in [6.07, 6.45) is 2.50. The first-order valence-electron chi connectivity index (χ1n) is 9.99. The summed E-state index contributed by atoms with van der Waals surface area (Å²) < 4.78 is 0. The van der Waals surface area contributed by atoms with E-state index < -0.39 is 0 Å². The van der Waals surface area contributed by atoms with E-state index in [-0.39, 0.29) is 12.1 Å². The monoisotopic (exact) mass is 406 g/mol. The number of rotatable bonds is 5. The smallest absolute Gasteiger partial charge is 0.318 e. The molecule has 1 N–H and O–H groups in total. The van der Waals surface area contributed by atoms with Crippen LogP contribution in [0.2, 0.25) is 0 Å². The summed E-state index contributed by atoms with van der Waals surface area (Å²) in [5.74, 6) is 0. The van der Waals surface area contributed by atoms with Crippen molar-refractivity contribution in [2.24, 2.45) is 0 Å². The van der Waals surface area contributed by atoms with Gasteiger partial charge in [-0.2, -0.15) is 0 Å². The first-order valence-corrected chi connectivity index (χ1v) is 10.9. The van der Waals surface area contributed by atoms with Gasteiger partial charge in [0.05, 0.1) is 16.7 Å². The molecule has 0 radical (unpaired) electrons. The number of anilines is 1. The number of hydrogen-bond donors (Lipinski definition) is 1. The van der Waals surface area contributed by atoms with Gasteiger partial charge in [0.15, 0.2) is 0 Å². The molecule has 29 heavy (non-hydrogen) atoms. The number of nitrogens with zero attached hydrogens (tertiary/aromatic N) is 3. The molecule has 3 aromatic rings. The zero-order valence-electron chi connectivity index (χ0n) is 16.6. The highest BCUT2D eigenvalue weighted by Crippen LogP contribution is 2.23. The van der Waals surface area contributed by atoms with Gasteiger partial charge in [-0.3, -0.25) is 4.98 Å². The number of nitrogens with one attached hydrogen (secondary N) is 1. The fraction of sp³-hybridized carbons (Fsp3) is 0.304. The molecule has 3 heterocycles. The molecule has 1 atom stereocenters. The van der Waals surface area contributed by atoms with E-state index in [1.54, 1.807) is 17.5 Å². The van der Waals surface area contributed by atoms with Crippen LogP contribution in [0, 0.1) is 6.92 Å². The number of aryl methyl sites for hydroxylation is 1. The number of thiophene rings is 1. The zero-order chi connectivity index (χ0) is 20.1. The van der Waals surface area contributed by atoms with Gasteiger partial charge in [0.25, 0.3) is 0 Å². The van der Waals surface area contributed by atoms with E-state index >= 15 is 0 Å². The molecule has 0 bridgehead atoms. The highest BCUT2D eigenvalue weighted by Gasteiger charge is 2.24. The Labute approximate surface area is 176 Å². The number of aromatic nitrogens is 1. The van der Waals surface area contributed by atoms with Gasteiger partial charge in [-0.05, 0) is 48.6 Å². The Balaban J connectivity index is 1.41. The molecule has 150 valence electrons. The van der Waals surface area contributed by atoms with Crippen molar-refractivity contribution in [3.63, 3.8) is 0 Å². The molecule has 1 aliphatic heterocycles. The SMILES string of the molecule is Cc1ccc(CC(NC(=O)N2CCN(c3cccs3)CC2)c2ccccn2)cc1. The molecule has 5 nitrogen and oxygen atoms in total. The summed E-state index contributed by atoms with van der Waals surface area (Å²) in [5, 5.41) is 6.59. The van der Waals surface area contributed by atoms with Crippen molar-refractivity contribution in [3.05, 3.63) is 83.0 Å². The maximum absolute atomic E-state index is 13.0. The van der Waals surface area contributed by atoms with Crippen LogP contribution in [0.5, 0.6) is 0 Å². The first-order chi connectivity index (χ1) is 14.2. The Morgan fingerprint density at radius 1 is 1.07 bits per heavy atom. The Morgan fingerprint density at radius 2 is 1.86 bits per heavy atom. The lowest BCUT2D eigenvalue weighted by atomic mass is 10.0. The molecule has 0 spiro atoms. The zero-order valence-corrected chi connectivity index (χ0v) is 17.4. The fourth-order valence-corrected chi connectivity index (χ4v) is 4.38. The van der Waals surface area contributed by atoms with Crippen molar-refractivity contribution < 1.29 is 4.79 Å². The molecule has 4 rings (SSSR count). The second kappa shape index (κ2) is 9.09. The van der Waals surface area contributed by atoms with Crippen LogP contribution in [0.1, 0.15) is 22.9 Å². The predicted octanol–water partition coefficient (Wildman–Crippen LogP) is 4.27. The van der Waals surface area contributed by atoms with Crippen molar-refractivity contribution in [2.75, 3.05) is 31.1 Å². The van der Waals surface area contributed by atoms with Crippen LogP contribution in [0.25, 0.3) is 0 Å². The lowest BCUT2D eigenvalue weighted by Gasteiger charge is -2.36. The van der Waals surface area contributed by atoms with Crippen LogP contribution in [-0.2, 0) is 6.42 Å². The van der Waals surface area contributed by atoms with Crippen LogP contribution in [0.3, 0.4) is 0 Å². The van der Waals surface area contributed by atoms with E-state index in [0.717, 1.165) is 38.3 Å². The third kappa shape index (κ3) is 4.95. The van der Waals surface area contributed by atoms with Crippen LogP contribution in [0.15, 0.2) is 66.2 Å². The summed E-state index contributed by atoms with van der Waals surface area (Å²) in [5.41, 5.74) is 3.31. The molecule has 1 aromatic carbocycles. The summed E-state index contributed by atoms with van der Waals surface area (Å²) in [4.78, 5) is 21.7. The van der Waals surface area contributed by atoms with Crippen molar-refractivity contribution in [1.29, 1.82) is 0 Å². The van der Waals surface area contributed by atoms with Gasteiger partial charge >= 0.3 is 6.03 Å². The van der Waals surface area contributed by atoms with Crippen LogP contribution in [-0.4, -0.2) is 42.1 Å². The molecule has 1 fully saturated rings. The van der Waals surface area contributed by atoms with Gasteiger partial charge in [-0.15, -0.1) is 11.3 Å². The van der Waals surface area contributed by atoms with E-state index in [2.05, 4.69) is 63.9 Å². The van der Waals surface area contributed by atoms with Gasteiger partial charge < -0.3 is 15.1 Å². The molecular weight excluding hydrogens is 380 g/mol. The maximum atomic E-state index is 13.0. The maximum Gasteiger partial charge on any atom is 0.318 e. The quantitative estimate of drug-likeness (QED) is 0.688.